The van der Waals surface area contributed by atoms with E-state index in [-0.39, 0.29) is 10.6 Å². The van der Waals surface area contributed by atoms with Crippen molar-refractivity contribution in [1.82, 2.24) is 10.9 Å². The number of nitrogens with one attached hydrogen (secondary N) is 2. The molecule has 0 heterocycles. The van der Waals surface area contributed by atoms with Gasteiger partial charge in [-0.3, -0.25) is 30.6 Å². The Morgan fingerprint density at radius 2 is 1.76 bits per heavy atom. The molecule has 0 radical (unpaired) electrons. The molecule has 2 amide bonds. The minimum Gasteiger partial charge on any atom is -0.481 e. The molecule has 9 heteroatoms. The van der Waals surface area contributed by atoms with Crippen molar-refractivity contribution in [3.63, 3.8) is 0 Å². The van der Waals surface area contributed by atoms with Crippen LogP contribution in [0.15, 0.2) is 60.7 Å². The molecule has 0 fully saturated rings. The highest BCUT2D eigenvalue weighted by molar-refractivity contribution is 6.31. The Kier molecular flexibility index (Phi) is 5.94. The molecule has 0 aliphatic heterocycles. The van der Waals surface area contributed by atoms with Crippen LogP contribution < -0.4 is 15.6 Å². The van der Waals surface area contributed by atoms with Crippen LogP contribution in [0.3, 0.4) is 0 Å². The molecule has 3 aromatic carbocycles. The summed E-state index contributed by atoms with van der Waals surface area (Å²) in [6, 6.07) is 16.7. The first-order valence-electron chi connectivity index (χ1n) is 8.55. The third kappa shape index (κ3) is 4.80. The van der Waals surface area contributed by atoms with Gasteiger partial charge in [-0.05, 0) is 42.0 Å². The number of fused-ring (bicyclic) bond motifs is 1. The van der Waals surface area contributed by atoms with E-state index in [1.54, 1.807) is 12.1 Å². The minimum atomic E-state index is -0.920. The van der Waals surface area contributed by atoms with Crippen molar-refractivity contribution in [3.8, 4) is 5.75 Å². The number of hydrazine groups is 1. The molecule has 1 unspecified atom stereocenters. The SMILES string of the molecule is CC(Oc1ccc2ccccc2c1)C(=O)NNC(=O)c1ccc(Cl)cc1[N+](=O)[O-]. The summed E-state index contributed by atoms with van der Waals surface area (Å²) in [5.74, 6) is -0.978. The van der Waals surface area contributed by atoms with Crippen LogP contribution in [-0.4, -0.2) is 22.8 Å². The van der Waals surface area contributed by atoms with Crippen LogP contribution in [0.2, 0.25) is 5.02 Å². The second-order valence-corrected chi connectivity index (χ2v) is 6.57. The van der Waals surface area contributed by atoms with Crippen molar-refractivity contribution in [2.75, 3.05) is 0 Å². The van der Waals surface area contributed by atoms with Crippen LogP contribution in [0.4, 0.5) is 5.69 Å². The van der Waals surface area contributed by atoms with E-state index in [0.29, 0.717) is 5.75 Å². The molecule has 0 saturated heterocycles. The number of hydrogen-bond acceptors (Lipinski definition) is 5. The molecule has 0 spiro atoms. The molecular formula is C20H16ClN3O5. The Hall–Kier alpha value is -3.65. The van der Waals surface area contributed by atoms with Crippen molar-refractivity contribution < 1.29 is 19.2 Å². The van der Waals surface area contributed by atoms with Gasteiger partial charge in [-0.15, -0.1) is 0 Å². The number of ether oxygens (including phenoxy) is 1. The normalized spacial score (nSPS) is 11.5. The van der Waals surface area contributed by atoms with Gasteiger partial charge < -0.3 is 4.74 Å². The molecule has 29 heavy (non-hydrogen) atoms. The van der Waals surface area contributed by atoms with Crippen molar-refractivity contribution in [3.05, 3.63) is 81.4 Å². The van der Waals surface area contributed by atoms with Crippen molar-refractivity contribution in [1.29, 1.82) is 0 Å². The number of nitro groups is 1. The standard InChI is InChI=1S/C20H16ClN3O5/c1-12(29-16-8-6-13-4-2-3-5-14(13)10-16)19(25)22-23-20(26)17-9-7-15(21)11-18(17)24(27)28/h2-12H,1H3,(H,22,25)(H,23,26). The number of hydrogen-bond donors (Lipinski definition) is 2. The lowest BCUT2D eigenvalue weighted by Gasteiger charge is -2.15. The number of carbonyl (C=O) groups excluding carboxylic acids is 2. The van der Waals surface area contributed by atoms with E-state index in [4.69, 9.17) is 16.3 Å². The third-order valence-corrected chi connectivity index (χ3v) is 4.34. The summed E-state index contributed by atoms with van der Waals surface area (Å²) in [4.78, 5) is 34.8. The molecule has 148 valence electrons. The second-order valence-electron chi connectivity index (χ2n) is 6.13. The first kappa shape index (κ1) is 20.1. The highest BCUT2D eigenvalue weighted by Crippen LogP contribution is 2.23. The smallest absolute Gasteiger partial charge is 0.283 e. The van der Waals surface area contributed by atoms with Crippen LogP contribution in [0.5, 0.6) is 5.75 Å². The minimum absolute atomic E-state index is 0.120. The van der Waals surface area contributed by atoms with Gasteiger partial charge in [0.2, 0.25) is 0 Å². The third-order valence-electron chi connectivity index (χ3n) is 4.10. The molecule has 0 bridgehead atoms. The number of halogens is 1. The first-order valence-corrected chi connectivity index (χ1v) is 8.92. The summed E-state index contributed by atoms with van der Waals surface area (Å²) in [7, 11) is 0. The Labute approximate surface area is 170 Å². The molecule has 3 aromatic rings. The summed E-state index contributed by atoms with van der Waals surface area (Å²) in [6.45, 7) is 1.52. The topological polar surface area (TPSA) is 111 Å². The first-order chi connectivity index (χ1) is 13.8. The lowest BCUT2D eigenvalue weighted by Crippen LogP contribution is -2.47. The van der Waals surface area contributed by atoms with E-state index in [1.807, 2.05) is 30.3 Å². The van der Waals surface area contributed by atoms with Gasteiger partial charge in [0.25, 0.3) is 17.5 Å². The maximum absolute atomic E-state index is 12.2. The zero-order chi connectivity index (χ0) is 21.0. The zero-order valence-electron chi connectivity index (χ0n) is 15.2. The van der Waals surface area contributed by atoms with E-state index < -0.39 is 28.5 Å². The van der Waals surface area contributed by atoms with E-state index in [0.717, 1.165) is 16.8 Å². The number of benzene rings is 3. The Morgan fingerprint density at radius 3 is 2.48 bits per heavy atom. The van der Waals surface area contributed by atoms with Gasteiger partial charge in [-0.1, -0.05) is 41.9 Å². The Balaban J connectivity index is 1.62. The van der Waals surface area contributed by atoms with Crippen molar-refractivity contribution in [2.24, 2.45) is 0 Å². The fourth-order valence-electron chi connectivity index (χ4n) is 2.63. The number of rotatable bonds is 5. The molecule has 0 aliphatic carbocycles. The predicted octanol–water partition coefficient (Wildman–Crippen LogP) is 3.63. The number of nitro benzene ring substituents is 1. The van der Waals surface area contributed by atoms with Gasteiger partial charge in [-0.25, -0.2) is 0 Å². The zero-order valence-corrected chi connectivity index (χ0v) is 16.0. The largest absolute Gasteiger partial charge is 0.481 e. The van der Waals surface area contributed by atoms with Gasteiger partial charge in [-0.2, -0.15) is 0 Å². The van der Waals surface area contributed by atoms with E-state index in [9.17, 15) is 19.7 Å². The highest BCUT2D eigenvalue weighted by atomic mass is 35.5. The number of carbonyl (C=O) groups is 2. The van der Waals surface area contributed by atoms with Crippen LogP contribution in [0, 0.1) is 10.1 Å². The lowest BCUT2D eigenvalue weighted by molar-refractivity contribution is -0.385. The highest BCUT2D eigenvalue weighted by Gasteiger charge is 2.22. The molecule has 1 atom stereocenters. The monoisotopic (exact) mass is 413 g/mol. The Morgan fingerprint density at radius 1 is 1.03 bits per heavy atom. The van der Waals surface area contributed by atoms with Gasteiger partial charge in [0.1, 0.15) is 11.3 Å². The summed E-state index contributed by atoms with van der Waals surface area (Å²) in [5, 5.41) is 13.2. The average molecular weight is 414 g/mol. The van der Waals surface area contributed by atoms with E-state index in [2.05, 4.69) is 10.9 Å². The van der Waals surface area contributed by atoms with E-state index >= 15 is 0 Å². The molecule has 0 aliphatic rings. The van der Waals surface area contributed by atoms with Crippen LogP contribution in [-0.2, 0) is 4.79 Å². The molecule has 8 nitrogen and oxygen atoms in total. The van der Waals surface area contributed by atoms with Gasteiger partial charge in [0.05, 0.1) is 4.92 Å². The second kappa shape index (κ2) is 8.57. The van der Waals surface area contributed by atoms with Gasteiger partial charge in [0.15, 0.2) is 6.10 Å². The summed E-state index contributed by atoms with van der Waals surface area (Å²) < 4.78 is 5.61. The van der Waals surface area contributed by atoms with Crippen molar-refractivity contribution in [2.45, 2.75) is 13.0 Å². The maximum Gasteiger partial charge on any atom is 0.283 e. The maximum atomic E-state index is 12.2. The van der Waals surface area contributed by atoms with Gasteiger partial charge >= 0.3 is 0 Å². The lowest BCUT2D eigenvalue weighted by atomic mass is 10.1. The van der Waals surface area contributed by atoms with Gasteiger partial charge in [0, 0.05) is 11.1 Å². The molecule has 2 N–H and O–H groups in total. The molecule has 0 aromatic heterocycles. The fraction of sp³-hybridized carbons (Fsp3) is 0.100. The predicted molar refractivity (Wildman–Crippen MR) is 108 cm³/mol. The molecule has 0 saturated carbocycles. The summed E-state index contributed by atoms with van der Waals surface area (Å²) in [6.07, 6.45) is -0.920. The average Bonchev–Trinajstić information content (AvgIpc) is 2.71. The molecular weight excluding hydrogens is 398 g/mol. The number of nitrogens with zero attached hydrogens (tertiary/aromatic N) is 1. The molecule has 3 rings (SSSR count). The van der Waals surface area contributed by atoms with Crippen LogP contribution in [0.25, 0.3) is 10.8 Å². The fourth-order valence-corrected chi connectivity index (χ4v) is 2.80. The summed E-state index contributed by atoms with van der Waals surface area (Å²) >= 11 is 5.73. The van der Waals surface area contributed by atoms with E-state index in [1.165, 1.54) is 19.1 Å². The quantitative estimate of drug-likeness (QED) is 0.490. The van der Waals surface area contributed by atoms with Crippen LogP contribution in [0.1, 0.15) is 17.3 Å². The summed E-state index contributed by atoms with van der Waals surface area (Å²) in [5.41, 5.74) is 3.64. The number of amides is 2. The van der Waals surface area contributed by atoms with Crippen molar-refractivity contribution >= 4 is 39.9 Å². The Bertz CT molecular complexity index is 1100. The van der Waals surface area contributed by atoms with Crippen LogP contribution >= 0.6 is 11.6 Å².